The van der Waals surface area contributed by atoms with Crippen LogP contribution in [0.25, 0.3) is 11.3 Å². The van der Waals surface area contributed by atoms with E-state index in [2.05, 4.69) is 20.0 Å². The first kappa shape index (κ1) is 22.3. The molecule has 0 unspecified atom stereocenters. The Morgan fingerprint density at radius 2 is 1.64 bits per heavy atom. The second kappa shape index (κ2) is 11.1. The number of carbonyl (C=O) groups excluding carboxylic acids is 1. The van der Waals surface area contributed by atoms with Gasteiger partial charge in [-0.1, -0.05) is 18.2 Å². The Morgan fingerprint density at radius 3 is 2.33 bits per heavy atom. The monoisotopic (exact) mass is 460 g/mol. The number of imidazole rings is 1. The Balaban J connectivity index is 1.30. The minimum atomic E-state index is -0.212. The number of nitrogens with zero attached hydrogens (tertiary/aromatic N) is 1. The lowest BCUT2D eigenvalue weighted by Crippen LogP contribution is -2.30. The topological polar surface area (TPSA) is 88.3 Å². The molecule has 0 saturated heterocycles. The molecular formula is C25H24N4O3S. The average molecular weight is 461 g/mol. The number of amides is 2. The first-order chi connectivity index (χ1) is 16.2. The molecule has 168 valence electrons. The van der Waals surface area contributed by atoms with Gasteiger partial charge in [-0.25, -0.2) is 9.78 Å². The molecule has 7 nitrogen and oxygen atoms in total. The molecule has 3 aromatic carbocycles. The summed E-state index contributed by atoms with van der Waals surface area (Å²) in [5.74, 6) is 3.00. The molecule has 4 rings (SSSR count). The SMILES string of the molecule is CCNC(=O)NSc1ccc(Oc2ccc(-c3c[nH]c(COc4ccccc4)n3)cc2)cc1. The molecule has 0 spiro atoms. The number of ether oxygens (including phenoxy) is 2. The molecule has 0 saturated carbocycles. The maximum absolute atomic E-state index is 11.5. The van der Waals surface area contributed by atoms with E-state index in [0.717, 1.165) is 33.5 Å². The van der Waals surface area contributed by atoms with Gasteiger partial charge in [-0.3, -0.25) is 4.72 Å². The maximum Gasteiger partial charge on any atom is 0.325 e. The third-order valence-corrected chi connectivity index (χ3v) is 5.35. The number of carbonyl (C=O) groups is 1. The van der Waals surface area contributed by atoms with Crippen LogP contribution in [0.3, 0.4) is 0 Å². The first-order valence-electron chi connectivity index (χ1n) is 10.5. The van der Waals surface area contributed by atoms with Crippen molar-refractivity contribution < 1.29 is 14.3 Å². The van der Waals surface area contributed by atoms with Crippen molar-refractivity contribution in [3.8, 4) is 28.5 Å². The van der Waals surface area contributed by atoms with E-state index in [1.165, 1.54) is 11.9 Å². The quantitative estimate of drug-likeness (QED) is 0.276. The van der Waals surface area contributed by atoms with Crippen LogP contribution in [-0.4, -0.2) is 22.5 Å². The second-order valence-electron chi connectivity index (χ2n) is 7.00. The van der Waals surface area contributed by atoms with Gasteiger partial charge in [-0.15, -0.1) is 0 Å². The van der Waals surface area contributed by atoms with E-state index in [1.54, 1.807) is 0 Å². The number of para-hydroxylation sites is 1. The summed E-state index contributed by atoms with van der Waals surface area (Å²) in [6.45, 7) is 2.83. The van der Waals surface area contributed by atoms with Crippen LogP contribution in [-0.2, 0) is 6.61 Å². The number of H-pyrrole nitrogens is 1. The van der Waals surface area contributed by atoms with Crippen molar-refractivity contribution in [2.75, 3.05) is 6.54 Å². The largest absolute Gasteiger partial charge is 0.486 e. The summed E-state index contributed by atoms with van der Waals surface area (Å²) in [7, 11) is 0. The van der Waals surface area contributed by atoms with Crippen molar-refractivity contribution in [1.82, 2.24) is 20.0 Å². The predicted molar refractivity (Wildman–Crippen MR) is 129 cm³/mol. The van der Waals surface area contributed by atoms with E-state index in [4.69, 9.17) is 9.47 Å². The molecule has 1 heterocycles. The van der Waals surface area contributed by atoms with Crippen LogP contribution in [0, 0.1) is 0 Å². The summed E-state index contributed by atoms with van der Waals surface area (Å²) in [6.07, 6.45) is 1.87. The predicted octanol–water partition coefficient (Wildman–Crippen LogP) is 5.77. The van der Waals surface area contributed by atoms with E-state index in [0.29, 0.717) is 18.9 Å². The average Bonchev–Trinajstić information content (AvgIpc) is 3.33. The van der Waals surface area contributed by atoms with Gasteiger partial charge in [0.1, 0.15) is 29.7 Å². The van der Waals surface area contributed by atoms with Crippen LogP contribution in [0.4, 0.5) is 4.79 Å². The van der Waals surface area contributed by atoms with E-state index >= 15 is 0 Å². The Kier molecular flexibility index (Phi) is 7.50. The molecule has 0 radical (unpaired) electrons. The minimum absolute atomic E-state index is 0.212. The number of rotatable bonds is 9. The lowest BCUT2D eigenvalue weighted by molar-refractivity contribution is 0.247. The zero-order chi connectivity index (χ0) is 22.9. The van der Waals surface area contributed by atoms with Gasteiger partial charge >= 0.3 is 6.03 Å². The summed E-state index contributed by atoms with van der Waals surface area (Å²) in [6, 6.07) is 24.7. The number of hydrogen-bond donors (Lipinski definition) is 3. The van der Waals surface area contributed by atoms with Crippen LogP contribution in [0.2, 0.25) is 0 Å². The Labute approximate surface area is 196 Å². The molecule has 0 aliphatic rings. The van der Waals surface area contributed by atoms with Crippen LogP contribution < -0.4 is 19.5 Å². The summed E-state index contributed by atoms with van der Waals surface area (Å²) in [5.41, 5.74) is 1.82. The fourth-order valence-corrected chi connectivity index (χ4v) is 3.51. The van der Waals surface area contributed by atoms with Crippen molar-refractivity contribution in [1.29, 1.82) is 0 Å². The highest BCUT2D eigenvalue weighted by atomic mass is 32.2. The fourth-order valence-electron chi connectivity index (χ4n) is 2.96. The number of hydrogen-bond acceptors (Lipinski definition) is 5. The molecule has 4 aromatic rings. The molecule has 8 heteroatoms. The molecule has 0 bridgehead atoms. The molecule has 2 amide bonds. The fraction of sp³-hybridized carbons (Fsp3) is 0.120. The molecular weight excluding hydrogens is 436 g/mol. The van der Waals surface area contributed by atoms with Gasteiger partial charge in [-0.2, -0.15) is 0 Å². The summed E-state index contributed by atoms with van der Waals surface area (Å²) in [4.78, 5) is 20.1. The van der Waals surface area contributed by atoms with Gasteiger partial charge in [0.15, 0.2) is 0 Å². The van der Waals surface area contributed by atoms with E-state index in [9.17, 15) is 4.79 Å². The third-order valence-electron chi connectivity index (χ3n) is 4.56. The van der Waals surface area contributed by atoms with Gasteiger partial charge in [0, 0.05) is 23.2 Å². The molecule has 1 aromatic heterocycles. The highest BCUT2D eigenvalue weighted by Crippen LogP contribution is 2.27. The van der Waals surface area contributed by atoms with Crippen LogP contribution in [0.1, 0.15) is 12.7 Å². The standard InChI is InChI=1S/C25H24N4O3S/c1-2-26-25(30)29-33-22-14-12-21(13-15-22)32-20-10-8-18(9-11-20)23-16-27-24(28-23)17-31-19-6-4-3-5-7-19/h3-16H,2,17H2,1H3,(H,27,28)(H2,26,29,30). The van der Waals surface area contributed by atoms with E-state index in [1.807, 2.05) is 92.0 Å². The van der Waals surface area contributed by atoms with Crippen molar-refractivity contribution >= 4 is 18.0 Å². The highest BCUT2D eigenvalue weighted by Gasteiger charge is 2.06. The smallest absolute Gasteiger partial charge is 0.325 e. The van der Waals surface area contributed by atoms with Crippen LogP contribution in [0.15, 0.2) is 90.0 Å². The molecule has 0 atom stereocenters. The minimum Gasteiger partial charge on any atom is -0.486 e. The van der Waals surface area contributed by atoms with Gasteiger partial charge < -0.3 is 19.8 Å². The zero-order valence-corrected chi connectivity index (χ0v) is 18.9. The molecule has 0 aliphatic carbocycles. The highest BCUT2D eigenvalue weighted by molar-refractivity contribution is 7.98. The number of urea groups is 1. The van der Waals surface area contributed by atoms with Crippen LogP contribution >= 0.6 is 11.9 Å². The lowest BCUT2D eigenvalue weighted by Gasteiger charge is -2.08. The van der Waals surface area contributed by atoms with Crippen molar-refractivity contribution in [2.45, 2.75) is 18.4 Å². The summed E-state index contributed by atoms with van der Waals surface area (Å²) in [5, 5.41) is 2.68. The third kappa shape index (κ3) is 6.54. The lowest BCUT2D eigenvalue weighted by atomic mass is 10.1. The van der Waals surface area contributed by atoms with Crippen molar-refractivity contribution in [2.24, 2.45) is 0 Å². The van der Waals surface area contributed by atoms with Crippen molar-refractivity contribution in [3.05, 3.63) is 90.9 Å². The second-order valence-corrected chi connectivity index (χ2v) is 7.88. The van der Waals surface area contributed by atoms with Crippen LogP contribution in [0.5, 0.6) is 17.2 Å². The van der Waals surface area contributed by atoms with Crippen molar-refractivity contribution in [3.63, 3.8) is 0 Å². The maximum atomic E-state index is 11.5. The number of aromatic nitrogens is 2. The normalized spacial score (nSPS) is 10.5. The number of aromatic amines is 1. The zero-order valence-electron chi connectivity index (χ0n) is 18.1. The van der Waals surface area contributed by atoms with Gasteiger partial charge in [0.2, 0.25) is 0 Å². The number of benzene rings is 3. The first-order valence-corrected chi connectivity index (χ1v) is 11.3. The molecule has 0 aliphatic heterocycles. The molecule has 0 fully saturated rings. The van der Waals surface area contributed by atoms with Gasteiger partial charge in [-0.05, 0) is 79.5 Å². The van der Waals surface area contributed by atoms with Gasteiger partial charge in [0.25, 0.3) is 0 Å². The van der Waals surface area contributed by atoms with E-state index in [-0.39, 0.29) is 6.03 Å². The Bertz CT molecular complexity index is 1160. The summed E-state index contributed by atoms with van der Waals surface area (Å²) < 4.78 is 14.4. The Morgan fingerprint density at radius 1 is 0.939 bits per heavy atom. The summed E-state index contributed by atoms with van der Waals surface area (Å²) >= 11 is 1.25. The van der Waals surface area contributed by atoms with E-state index < -0.39 is 0 Å². The van der Waals surface area contributed by atoms with Gasteiger partial charge in [0.05, 0.1) is 5.69 Å². The Hall–Kier alpha value is -3.91. The molecule has 33 heavy (non-hydrogen) atoms. The molecule has 3 N–H and O–H groups in total. The number of nitrogens with one attached hydrogen (secondary N) is 3.